The van der Waals surface area contributed by atoms with Gasteiger partial charge in [0.15, 0.2) is 0 Å². The average molecular weight is 967 g/mol. The van der Waals surface area contributed by atoms with Crippen molar-refractivity contribution in [3.05, 3.63) is 193 Å². The Morgan fingerprint density at radius 3 is 2.00 bits per heavy atom. The maximum absolute atomic E-state index is 5.11. The molecule has 1 aliphatic rings. The van der Waals surface area contributed by atoms with E-state index in [2.05, 4.69) is 222 Å². The van der Waals surface area contributed by atoms with Crippen LogP contribution in [0.3, 0.4) is 0 Å². The van der Waals surface area contributed by atoms with Crippen LogP contribution in [0.5, 0.6) is 0 Å². The Labute approximate surface area is 368 Å². The maximum Gasteiger partial charge on any atom is 0.0770 e. The minimum Gasteiger partial charge on any atom is -0.493 e. The fourth-order valence-electron chi connectivity index (χ4n) is 9.84. The van der Waals surface area contributed by atoms with Crippen molar-refractivity contribution in [2.45, 2.75) is 20.8 Å². The van der Waals surface area contributed by atoms with Crippen molar-refractivity contribution in [3.8, 4) is 22.8 Å². The molecular formula is C54H39N6Pt-3. The minimum atomic E-state index is 0. The molecule has 0 amide bonds. The van der Waals surface area contributed by atoms with E-state index in [1.807, 2.05) is 6.07 Å². The molecule has 0 radical (unpaired) electrons. The number of para-hydroxylation sites is 6. The molecule has 3 aromatic heterocycles. The number of aromatic nitrogens is 4. The van der Waals surface area contributed by atoms with Gasteiger partial charge in [0.05, 0.1) is 27.9 Å². The molecule has 12 rings (SSSR count). The van der Waals surface area contributed by atoms with Gasteiger partial charge in [0.25, 0.3) is 0 Å². The number of benzene rings is 8. The summed E-state index contributed by atoms with van der Waals surface area (Å²) in [5, 5.41) is 4.72. The molecule has 0 fully saturated rings. The van der Waals surface area contributed by atoms with E-state index in [0.29, 0.717) is 0 Å². The first kappa shape index (κ1) is 37.1. The zero-order chi connectivity index (χ0) is 40.2. The predicted octanol–water partition coefficient (Wildman–Crippen LogP) is 13.4. The Kier molecular flexibility index (Phi) is 8.59. The van der Waals surface area contributed by atoms with Crippen LogP contribution in [0.1, 0.15) is 16.7 Å². The molecule has 11 aromatic rings. The summed E-state index contributed by atoms with van der Waals surface area (Å²) in [5.41, 5.74) is 17.6. The van der Waals surface area contributed by atoms with Crippen molar-refractivity contribution in [3.63, 3.8) is 0 Å². The fraction of sp³-hybridized carbons (Fsp3) is 0.0741. The van der Waals surface area contributed by atoms with Crippen LogP contribution in [0, 0.1) is 39.6 Å². The molecule has 0 saturated carbocycles. The molecule has 6 nitrogen and oxygen atoms in total. The SMILES string of the molecule is Cc1cc(C)c(N2[CH-]N(c3[c-]c(-n4c5[c-]c(-c6nc7ccccc7n6C)ccc5c5c4ccc4c6ccccc6n(-c6ccccc6)c45)ccc3)c3ccccc32)c(C)c1.[Pt]. The van der Waals surface area contributed by atoms with Gasteiger partial charge in [0.1, 0.15) is 0 Å². The summed E-state index contributed by atoms with van der Waals surface area (Å²) >= 11 is 0. The standard InChI is InChI=1S/C54H39N6.Pt/c1-34-29-35(2)52(36(3)30-34)58-33-57(47-23-12-13-24-48(47)58)39-17-14-18-40(32-39)59-49-28-27-42-41-19-8-10-21-45(41)60(38-15-6-5-7-16-38)53(42)51(49)43-26-25-37(31-50(43)59)54-55-44-20-9-11-22-46(44)56(54)4;/h5-30,33H,1-4H3;/q-3;. The normalized spacial score (nSPS) is 12.7. The molecular weight excluding hydrogens is 928 g/mol. The van der Waals surface area contributed by atoms with Gasteiger partial charge in [-0.2, -0.15) is 6.07 Å². The summed E-state index contributed by atoms with van der Waals surface area (Å²) < 4.78 is 6.94. The molecule has 0 saturated heterocycles. The molecule has 61 heavy (non-hydrogen) atoms. The Morgan fingerprint density at radius 1 is 0.541 bits per heavy atom. The first-order chi connectivity index (χ1) is 29.4. The third-order valence-electron chi connectivity index (χ3n) is 12.3. The Bertz CT molecular complexity index is 3510. The summed E-state index contributed by atoms with van der Waals surface area (Å²) in [5.74, 6) is 0.876. The van der Waals surface area contributed by atoms with E-state index in [0.717, 1.165) is 67.3 Å². The van der Waals surface area contributed by atoms with E-state index < -0.39 is 0 Å². The van der Waals surface area contributed by atoms with Gasteiger partial charge in [0.2, 0.25) is 0 Å². The van der Waals surface area contributed by atoms with Crippen molar-refractivity contribution in [1.29, 1.82) is 0 Å². The summed E-state index contributed by atoms with van der Waals surface area (Å²) in [6, 6.07) is 64.3. The van der Waals surface area contributed by atoms with Gasteiger partial charge in [-0.3, -0.25) is 4.98 Å². The number of rotatable bonds is 5. The van der Waals surface area contributed by atoms with Crippen molar-refractivity contribution in [1.82, 2.24) is 18.7 Å². The van der Waals surface area contributed by atoms with Crippen molar-refractivity contribution in [2.24, 2.45) is 7.05 Å². The monoisotopic (exact) mass is 966 g/mol. The first-order valence-electron chi connectivity index (χ1n) is 20.5. The van der Waals surface area contributed by atoms with Gasteiger partial charge in [-0.05, 0) is 91.3 Å². The number of imidazole rings is 1. The second kappa shape index (κ2) is 14.1. The first-order valence-corrected chi connectivity index (χ1v) is 20.5. The van der Waals surface area contributed by atoms with E-state index in [4.69, 9.17) is 4.98 Å². The number of anilines is 4. The van der Waals surface area contributed by atoms with E-state index in [1.165, 1.54) is 49.6 Å². The molecule has 0 N–H and O–H groups in total. The van der Waals surface area contributed by atoms with Gasteiger partial charge >= 0.3 is 0 Å². The molecule has 0 bridgehead atoms. The van der Waals surface area contributed by atoms with Gasteiger partial charge in [-0.15, -0.1) is 54.3 Å². The number of hydrogen-bond donors (Lipinski definition) is 0. The molecule has 0 unspecified atom stereocenters. The van der Waals surface area contributed by atoms with Crippen LogP contribution in [0.2, 0.25) is 0 Å². The summed E-state index contributed by atoms with van der Waals surface area (Å²) in [6.45, 7) is 8.79. The fourth-order valence-corrected chi connectivity index (χ4v) is 9.84. The summed E-state index contributed by atoms with van der Waals surface area (Å²) in [6.07, 6.45) is 0. The van der Waals surface area contributed by atoms with E-state index in [-0.39, 0.29) is 21.1 Å². The quantitative estimate of drug-likeness (QED) is 0.161. The van der Waals surface area contributed by atoms with Crippen LogP contribution < -0.4 is 9.80 Å². The zero-order valence-electron chi connectivity index (χ0n) is 34.1. The number of nitrogens with zero attached hydrogens (tertiary/aromatic N) is 6. The van der Waals surface area contributed by atoms with Crippen molar-refractivity contribution >= 4 is 77.4 Å². The van der Waals surface area contributed by atoms with Gasteiger partial charge in [-0.1, -0.05) is 95.5 Å². The van der Waals surface area contributed by atoms with E-state index in [1.54, 1.807) is 0 Å². The minimum absolute atomic E-state index is 0. The summed E-state index contributed by atoms with van der Waals surface area (Å²) in [4.78, 5) is 9.71. The predicted molar refractivity (Wildman–Crippen MR) is 248 cm³/mol. The summed E-state index contributed by atoms with van der Waals surface area (Å²) in [7, 11) is 2.09. The third-order valence-corrected chi connectivity index (χ3v) is 12.3. The van der Waals surface area contributed by atoms with Crippen LogP contribution in [-0.4, -0.2) is 18.7 Å². The van der Waals surface area contributed by atoms with Gasteiger partial charge < -0.3 is 23.5 Å². The molecule has 298 valence electrons. The van der Waals surface area contributed by atoms with Crippen molar-refractivity contribution < 1.29 is 21.1 Å². The number of aryl methyl sites for hydroxylation is 4. The van der Waals surface area contributed by atoms with Crippen LogP contribution in [0.15, 0.2) is 158 Å². The Hall–Kier alpha value is -6.88. The third kappa shape index (κ3) is 5.55. The van der Waals surface area contributed by atoms with Crippen LogP contribution >= 0.6 is 0 Å². The van der Waals surface area contributed by atoms with Gasteiger partial charge in [-0.25, -0.2) is 0 Å². The largest absolute Gasteiger partial charge is 0.493 e. The Balaban J connectivity index is 0.00000420. The molecule has 0 aliphatic carbocycles. The average Bonchev–Trinajstić information content (AvgIpc) is 4.01. The molecule has 1 aliphatic heterocycles. The van der Waals surface area contributed by atoms with E-state index in [9.17, 15) is 0 Å². The topological polar surface area (TPSA) is 34.2 Å². The van der Waals surface area contributed by atoms with E-state index >= 15 is 0 Å². The molecule has 0 atom stereocenters. The maximum atomic E-state index is 5.11. The van der Waals surface area contributed by atoms with Crippen LogP contribution in [0.25, 0.3) is 77.4 Å². The molecule has 0 spiro atoms. The smallest absolute Gasteiger partial charge is 0.0770 e. The second-order valence-corrected chi connectivity index (χ2v) is 16.0. The van der Waals surface area contributed by atoms with Gasteiger partial charge in [0, 0.05) is 67.2 Å². The number of hydrogen-bond acceptors (Lipinski definition) is 3. The molecule has 8 aromatic carbocycles. The van der Waals surface area contributed by atoms with Crippen LogP contribution in [0.4, 0.5) is 22.7 Å². The second-order valence-electron chi connectivity index (χ2n) is 16.0. The Morgan fingerprint density at radius 2 is 1.21 bits per heavy atom. The molecule has 7 heteroatoms. The van der Waals surface area contributed by atoms with Crippen LogP contribution in [-0.2, 0) is 28.1 Å². The van der Waals surface area contributed by atoms with Crippen molar-refractivity contribution in [2.75, 3.05) is 9.80 Å². The zero-order valence-corrected chi connectivity index (χ0v) is 36.4. The number of fused-ring (bicyclic) bond motifs is 9. The molecule has 4 heterocycles.